The van der Waals surface area contributed by atoms with E-state index in [2.05, 4.69) is 24.0 Å². The molecule has 2 amide bonds. The molecule has 0 unspecified atom stereocenters. The number of hydrogen-bond donors (Lipinski definition) is 0. The minimum absolute atomic E-state index is 0.0165. The molecule has 2 aromatic rings. The Bertz CT molecular complexity index is 922. The zero-order chi connectivity index (χ0) is 20.6. The van der Waals surface area contributed by atoms with Crippen LogP contribution < -0.4 is 4.90 Å². The molecule has 0 N–H and O–H groups in total. The minimum Gasteiger partial charge on any atom is -0.339 e. The Morgan fingerprint density at radius 2 is 2.00 bits per heavy atom. The molecule has 2 aliphatic heterocycles. The number of carbonyl (C=O) groups is 2. The lowest BCUT2D eigenvalue weighted by molar-refractivity contribution is -0.117. The third kappa shape index (κ3) is 3.54. The Kier molecular flexibility index (Phi) is 5.15. The van der Waals surface area contributed by atoms with Crippen molar-refractivity contribution in [2.75, 3.05) is 11.4 Å². The van der Waals surface area contributed by atoms with E-state index in [1.165, 1.54) is 0 Å². The van der Waals surface area contributed by atoms with Gasteiger partial charge in [0.1, 0.15) is 5.66 Å². The third-order valence-corrected chi connectivity index (χ3v) is 5.97. The number of benzene rings is 1. The van der Waals surface area contributed by atoms with Crippen molar-refractivity contribution in [2.45, 2.75) is 65.0 Å². The fourth-order valence-corrected chi connectivity index (χ4v) is 4.34. The van der Waals surface area contributed by atoms with Crippen LogP contribution in [0.3, 0.4) is 0 Å². The van der Waals surface area contributed by atoms with Crippen molar-refractivity contribution in [1.29, 1.82) is 0 Å². The first-order chi connectivity index (χ1) is 13.9. The first kappa shape index (κ1) is 19.6. The fraction of sp³-hybridized carbons (Fsp3) is 0.545. The van der Waals surface area contributed by atoms with E-state index in [4.69, 9.17) is 4.52 Å². The van der Waals surface area contributed by atoms with Crippen LogP contribution in [0.4, 0.5) is 5.69 Å². The van der Waals surface area contributed by atoms with Gasteiger partial charge in [-0.2, -0.15) is 4.98 Å². The standard InChI is InChI=1S/C22H28N4O3/c1-15(2)10-11-18-23-19(29-24-18)9-6-14-25-21(28)16-7-4-5-8-17(16)26-20(27)12-13-22(25,26)3/h4-5,7-8,15H,6,9-14H2,1-3H3/t22-/m1/s1. The van der Waals surface area contributed by atoms with E-state index in [0.717, 1.165) is 24.4 Å². The average molecular weight is 396 g/mol. The molecule has 0 bridgehead atoms. The summed E-state index contributed by atoms with van der Waals surface area (Å²) in [6.07, 6.45) is 4.27. The molecule has 0 radical (unpaired) electrons. The van der Waals surface area contributed by atoms with Crippen LogP contribution in [0.2, 0.25) is 0 Å². The minimum atomic E-state index is -0.611. The van der Waals surface area contributed by atoms with Gasteiger partial charge in [-0.25, -0.2) is 0 Å². The summed E-state index contributed by atoms with van der Waals surface area (Å²) in [5.41, 5.74) is 0.708. The van der Waals surface area contributed by atoms with Gasteiger partial charge in [0.15, 0.2) is 5.82 Å². The maximum atomic E-state index is 13.2. The Labute approximate surface area is 171 Å². The van der Waals surface area contributed by atoms with Crippen LogP contribution in [0.25, 0.3) is 0 Å². The highest BCUT2D eigenvalue weighted by atomic mass is 16.5. The molecule has 0 spiro atoms. The zero-order valence-electron chi connectivity index (χ0n) is 17.4. The second kappa shape index (κ2) is 7.61. The van der Waals surface area contributed by atoms with E-state index in [1.54, 1.807) is 11.0 Å². The number of para-hydroxylation sites is 1. The number of anilines is 1. The Balaban J connectivity index is 1.46. The monoisotopic (exact) mass is 396 g/mol. The number of nitrogens with zero attached hydrogens (tertiary/aromatic N) is 4. The Morgan fingerprint density at radius 1 is 1.21 bits per heavy atom. The molecule has 3 heterocycles. The number of fused-ring (bicyclic) bond motifs is 3. The van der Waals surface area contributed by atoms with Gasteiger partial charge in [0.2, 0.25) is 11.8 Å². The smallest absolute Gasteiger partial charge is 0.257 e. The van der Waals surface area contributed by atoms with Crippen LogP contribution in [-0.4, -0.2) is 39.1 Å². The molecular formula is C22H28N4O3. The lowest BCUT2D eigenvalue weighted by Crippen LogP contribution is -2.62. The molecular weight excluding hydrogens is 368 g/mol. The predicted molar refractivity (Wildman–Crippen MR) is 108 cm³/mol. The van der Waals surface area contributed by atoms with Gasteiger partial charge in [0.05, 0.1) is 11.3 Å². The van der Waals surface area contributed by atoms with E-state index < -0.39 is 5.66 Å². The highest BCUT2D eigenvalue weighted by molar-refractivity contribution is 6.10. The van der Waals surface area contributed by atoms with Crippen molar-refractivity contribution < 1.29 is 14.1 Å². The zero-order valence-corrected chi connectivity index (χ0v) is 17.4. The third-order valence-electron chi connectivity index (χ3n) is 5.97. The van der Waals surface area contributed by atoms with E-state index in [-0.39, 0.29) is 11.8 Å². The van der Waals surface area contributed by atoms with Crippen molar-refractivity contribution in [3.05, 3.63) is 41.5 Å². The molecule has 29 heavy (non-hydrogen) atoms. The van der Waals surface area contributed by atoms with Gasteiger partial charge >= 0.3 is 0 Å². The molecule has 1 aromatic carbocycles. The summed E-state index contributed by atoms with van der Waals surface area (Å²) in [6, 6.07) is 7.38. The van der Waals surface area contributed by atoms with Crippen LogP contribution >= 0.6 is 0 Å². The van der Waals surface area contributed by atoms with E-state index in [1.807, 2.05) is 30.0 Å². The van der Waals surface area contributed by atoms with Crippen LogP contribution in [0.5, 0.6) is 0 Å². The quantitative estimate of drug-likeness (QED) is 0.715. The van der Waals surface area contributed by atoms with E-state index in [9.17, 15) is 9.59 Å². The van der Waals surface area contributed by atoms with Gasteiger partial charge in [-0.15, -0.1) is 0 Å². The summed E-state index contributed by atoms with van der Waals surface area (Å²) in [6.45, 7) is 6.87. The predicted octanol–water partition coefficient (Wildman–Crippen LogP) is 3.59. The Morgan fingerprint density at radius 3 is 2.79 bits per heavy atom. The lowest BCUT2D eigenvalue weighted by Gasteiger charge is -2.48. The summed E-state index contributed by atoms with van der Waals surface area (Å²) in [5.74, 6) is 2.01. The number of hydrogen-bond acceptors (Lipinski definition) is 5. The molecule has 1 fully saturated rings. The van der Waals surface area contributed by atoms with Gasteiger partial charge in [-0.1, -0.05) is 31.1 Å². The maximum absolute atomic E-state index is 13.2. The second-order valence-electron chi connectivity index (χ2n) is 8.56. The van der Waals surface area contributed by atoms with Gasteiger partial charge < -0.3 is 9.42 Å². The SMILES string of the molecule is CC(C)CCc1noc(CCCN2C(=O)c3ccccc3N3C(=O)CC[C@]23C)n1. The molecule has 4 rings (SSSR count). The number of aryl methyl sites for hydroxylation is 2. The summed E-state index contributed by atoms with van der Waals surface area (Å²) < 4.78 is 5.37. The molecule has 1 saturated heterocycles. The molecule has 0 aliphatic carbocycles. The highest BCUT2D eigenvalue weighted by Crippen LogP contribution is 2.43. The second-order valence-corrected chi connectivity index (χ2v) is 8.56. The molecule has 7 heteroatoms. The molecule has 2 aliphatic rings. The number of amides is 2. The number of rotatable bonds is 7. The normalized spacial score (nSPS) is 21.1. The molecule has 1 atom stereocenters. The first-order valence-electron chi connectivity index (χ1n) is 10.5. The fourth-order valence-electron chi connectivity index (χ4n) is 4.34. The first-order valence-corrected chi connectivity index (χ1v) is 10.5. The largest absolute Gasteiger partial charge is 0.339 e. The average Bonchev–Trinajstić information content (AvgIpc) is 3.27. The highest BCUT2D eigenvalue weighted by Gasteiger charge is 2.52. The number of carbonyl (C=O) groups excluding carboxylic acids is 2. The van der Waals surface area contributed by atoms with E-state index in [0.29, 0.717) is 49.6 Å². The topological polar surface area (TPSA) is 79.5 Å². The van der Waals surface area contributed by atoms with Crippen molar-refractivity contribution in [3.8, 4) is 0 Å². The van der Waals surface area contributed by atoms with Gasteiger partial charge in [0.25, 0.3) is 5.91 Å². The summed E-state index contributed by atoms with van der Waals surface area (Å²) in [5, 5.41) is 4.06. The van der Waals surface area contributed by atoms with Crippen LogP contribution in [0.15, 0.2) is 28.8 Å². The summed E-state index contributed by atoms with van der Waals surface area (Å²) in [4.78, 5) is 33.9. The molecule has 154 valence electrons. The number of aromatic nitrogens is 2. The molecule has 7 nitrogen and oxygen atoms in total. The van der Waals surface area contributed by atoms with Gasteiger partial charge in [0, 0.05) is 25.8 Å². The van der Waals surface area contributed by atoms with Crippen molar-refractivity contribution in [1.82, 2.24) is 15.0 Å². The summed E-state index contributed by atoms with van der Waals surface area (Å²) in [7, 11) is 0. The van der Waals surface area contributed by atoms with Gasteiger partial charge in [-0.3, -0.25) is 14.5 Å². The maximum Gasteiger partial charge on any atom is 0.257 e. The van der Waals surface area contributed by atoms with Crippen molar-refractivity contribution in [3.63, 3.8) is 0 Å². The van der Waals surface area contributed by atoms with Crippen molar-refractivity contribution in [2.24, 2.45) is 5.92 Å². The lowest BCUT2D eigenvalue weighted by atomic mass is 9.98. The van der Waals surface area contributed by atoms with Crippen molar-refractivity contribution >= 4 is 17.5 Å². The Hall–Kier alpha value is -2.70. The summed E-state index contributed by atoms with van der Waals surface area (Å²) >= 11 is 0. The van der Waals surface area contributed by atoms with Crippen LogP contribution in [0, 0.1) is 5.92 Å². The van der Waals surface area contributed by atoms with E-state index >= 15 is 0 Å². The molecule has 1 aromatic heterocycles. The molecule has 0 saturated carbocycles. The van der Waals surface area contributed by atoms with Crippen LogP contribution in [-0.2, 0) is 17.6 Å². The van der Waals surface area contributed by atoms with Gasteiger partial charge in [-0.05, 0) is 44.2 Å². The van der Waals surface area contributed by atoms with Crippen LogP contribution in [0.1, 0.15) is 68.5 Å².